The largest absolute Gasteiger partial charge is 0.322 e. The zero-order chi connectivity index (χ0) is 13.6. The summed E-state index contributed by atoms with van der Waals surface area (Å²) in [5, 5.41) is 6.19. The first-order valence-electron chi connectivity index (χ1n) is 5.79. The van der Waals surface area contributed by atoms with Crippen molar-refractivity contribution >= 4 is 23.3 Å². The van der Waals surface area contributed by atoms with Crippen LogP contribution >= 0.6 is 0 Å². The van der Waals surface area contributed by atoms with Crippen LogP contribution in [0.4, 0.5) is 23.3 Å². The summed E-state index contributed by atoms with van der Waals surface area (Å²) in [6, 6.07) is 7.60. The lowest BCUT2D eigenvalue weighted by Crippen LogP contribution is -2.02. The molecule has 0 bridgehead atoms. The molecule has 2 N–H and O–H groups in total. The highest BCUT2D eigenvalue weighted by Crippen LogP contribution is 2.25. The van der Waals surface area contributed by atoms with Gasteiger partial charge < -0.3 is 10.6 Å². The van der Waals surface area contributed by atoms with Gasteiger partial charge in [-0.3, -0.25) is 0 Å². The minimum atomic E-state index is 0.463. The van der Waals surface area contributed by atoms with Gasteiger partial charge >= 0.3 is 0 Å². The number of anilines is 4. The third-order valence-electron chi connectivity index (χ3n) is 2.41. The van der Waals surface area contributed by atoms with Gasteiger partial charge in [0.25, 0.3) is 0 Å². The van der Waals surface area contributed by atoms with Crippen molar-refractivity contribution in [3.8, 4) is 0 Å². The number of para-hydroxylation sites is 2. The van der Waals surface area contributed by atoms with Gasteiger partial charge in [-0.05, 0) is 12.1 Å². The zero-order valence-corrected chi connectivity index (χ0v) is 10.3. The van der Waals surface area contributed by atoms with Crippen LogP contribution in [0, 0.1) is 0 Å². The molecule has 8 heteroatoms. The van der Waals surface area contributed by atoms with Crippen molar-refractivity contribution in [1.29, 1.82) is 0 Å². The lowest BCUT2D eigenvalue weighted by Gasteiger charge is -2.11. The van der Waals surface area contributed by atoms with Crippen LogP contribution in [0.25, 0.3) is 0 Å². The minimum Gasteiger partial charge on any atom is -0.322 e. The Morgan fingerprint density at radius 1 is 0.600 bits per heavy atom. The van der Waals surface area contributed by atoms with E-state index in [1.54, 1.807) is 0 Å². The molecule has 20 heavy (non-hydrogen) atoms. The Kier molecular flexibility index (Phi) is 3.36. The summed E-state index contributed by atoms with van der Waals surface area (Å²) in [7, 11) is 0. The second-order valence-electron chi connectivity index (χ2n) is 3.72. The van der Waals surface area contributed by atoms with Crippen LogP contribution in [0.3, 0.4) is 0 Å². The molecule has 8 nitrogen and oxygen atoms in total. The van der Waals surface area contributed by atoms with Crippen molar-refractivity contribution in [1.82, 2.24) is 29.9 Å². The molecule has 1 aromatic carbocycles. The van der Waals surface area contributed by atoms with Crippen LogP contribution in [0.5, 0.6) is 0 Å². The molecule has 98 valence electrons. The fourth-order valence-corrected chi connectivity index (χ4v) is 1.55. The number of hydrogen-bond donors (Lipinski definition) is 2. The van der Waals surface area contributed by atoms with E-state index in [0.29, 0.717) is 11.9 Å². The van der Waals surface area contributed by atoms with E-state index in [0.717, 1.165) is 11.4 Å². The summed E-state index contributed by atoms with van der Waals surface area (Å²) in [5.41, 5.74) is 1.61. The first-order chi connectivity index (χ1) is 9.92. The monoisotopic (exact) mass is 266 g/mol. The lowest BCUT2D eigenvalue weighted by molar-refractivity contribution is 1.05. The molecular formula is C12H10N8. The Labute approximate surface area is 114 Å². The van der Waals surface area contributed by atoms with E-state index in [4.69, 9.17) is 0 Å². The van der Waals surface area contributed by atoms with E-state index in [1.807, 2.05) is 24.3 Å². The minimum absolute atomic E-state index is 0.463. The Hall–Kier alpha value is -3.16. The molecule has 0 spiro atoms. The van der Waals surface area contributed by atoms with Gasteiger partial charge in [0.15, 0.2) is 0 Å². The van der Waals surface area contributed by atoms with E-state index in [2.05, 4.69) is 40.5 Å². The third kappa shape index (κ3) is 2.80. The van der Waals surface area contributed by atoms with Crippen LogP contribution < -0.4 is 10.6 Å². The SMILES string of the molecule is c1ccc(Nc2ncncn2)c(Nc2ncncn2)c1. The van der Waals surface area contributed by atoms with Gasteiger partial charge in [-0.15, -0.1) is 0 Å². The Morgan fingerprint density at radius 3 is 1.40 bits per heavy atom. The van der Waals surface area contributed by atoms with Crippen molar-refractivity contribution in [3.05, 3.63) is 49.6 Å². The van der Waals surface area contributed by atoms with Gasteiger partial charge in [-0.2, -0.15) is 0 Å². The molecule has 2 aromatic heterocycles. The molecule has 0 atom stereocenters. The van der Waals surface area contributed by atoms with E-state index < -0.39 is 0 Å². The van der Waals surface area contributed by atoms with Crippen LogP contribution in [-0.2, 0) is 0 Å². The molecule has 0 amide bonds. The van der Waals surface area contributed by atoms with E-state index in [9.17, 15) is 0 Å². The molecule has 3 rings (SSSR count). The lowest BCUT2D eigenvalue weighted by atomic mass is 10.2. The molecule has 0 saturated heterocycles. The normalized spacial score (nSPS) is 10.0. The molecule has 0 radical (unpaired) electrons. The van der Waals surface area contributed by atoms with E-state index in [1.165, 1.54) is 25.3 Å². The molecule has 0 aliphatic carbocycles. The van der Waals surface area contributed by atoms with Gasteiger partial charge in [0.05, 0.1) is 11.4 Å². The van der Waals surface area contributed by atoms with Gasteiger partial charge in [0, 0.05) is 0 Å². The van der Waals surface area contributed by atoms with Crippen LogP contribution in [0.2, 0.25) is 0 Å². The fourth-order valence-electron chi connectivity index (χ4n) is 1.55. The number of rotatable bonds is 4. The van der Waals surface area contributed by atoms with Gasteiger partial charge in [-0.1, -0.05) is 12.1 Å². The zero-order valence-electron chi connectivity index (χ0n) is 10.3. The summed E-state index contributed by atoms with van der Waals surface area (Å²) in [4.78, 5) is 23.6. The van der Waals surface area contributed by atoms with E-state index in [-0.39, 0.29) is 0 Å². The maximum Gasteiger partial charge on any atom is 0.230 e. The quantitative estimate of drug-likeness (QED) is 0.733. The molecule has 0 aliphatic rings. The van der Waals surface area contributed by atoms with Gasteiger partial charge in [0.2, 0.25) is 11.9 Å². The Morgan fingerprint density at radius 2 is 1.00 bits per heavy atom. The first kappa shape index (κ1) is 11.9. The molecule has 3 aromatic rings. The maximum absolute atomic E-state index is 4.02. The van der Waals surface area contributed by atoms with Crippen molar-refractivity contribution < 1.29 is 0 Å². The standard InChI is InChI=1S/C12H10N8/c1-2-4-10(20-12-17-7-14-8-18-12)9(3-1)19-11-15-5-13-6-16-11/h1-8H,(H,13,15,16,19)(H,14,17,18,20). The predicted molar refractivity (Wildman–Crippen MR) is 72.7 cm³/mol. The number of aromatic nitrogens is 6. The maximum atomic E-state index is 4.02. The Bertz CT molecular complexity index is 613. The predicted octanol–water partition coefficient (Wildman–Crippen LogP) is 1.54. The van der Waals surface area contributed by atoms with E-state index >= 15 is 0 Å². The average molecular weight is 266 g/mol. The van der Waals surface area contributed by atoms with Crippen molar-refractivity contribution in [2.24, 2.45) is 0 Å². The molecule has 2 heterocycles. The second-order valence-corrected chi connectivity index (χ2v) is 3.72. The van der Waals surface area contributed by atoms with Crippen LogP contribution in [-0.4, -0.2) is 29.9 Å². The molecule has 0 saturated carbocycles. The summed E-state index contributed by atoms with van der Waals surface area (Å²) in [6.07, 6.45) is 5.71. The summed E-state index contributed by atoms with van der Waals surface area (Å²) >= 11 is 0. The van der Waals surface area contributed by atoms with Crippen LogP contribution in [0.15, 0.2) is 49.6 Å². The van der Waals surface area contributed by atoms with Crippen molar-refractivity contribution in [2.75, 3.05) is 10.6 Å². The fraction of sp³-hybridized carbons (Fsp3) is 0. The summed E-state index contributed by atoms with van der Waals surface area (Å²) < 4.78 is 0. The number of hydrogen-bond acceptors (Lipinski definition) is 8. The average Bonchev–Trinajstić information content (AvgIpc) is 2.51. The Balaban J connectivity index is 1.85. The molecular weight excluding hydrogens is 256 g/mol. The summed E-state index contributed by atoms with van der Waals surface area (Å²) in [6.45, 7) is 0. The van der Waals surface area contributed by atoms with Crippen molar-refractivity contribution in [2.45, 2.75) is 0 Å². The molecule has 0 fully saturated rings. The molecule has 0 unspecified atom stereocenters. The highest BCUT2D eigenvalue weighted by molar-refractivity contribution is 5.74. The summed E-state index contributed by atoms with van der Waals surface area (Å²) in [5.74, 6) is 0.926. The number of nitrogens with one attached hydrogen (secondary N) is 2. The third-order valence-corrected chi connectivity index (χ3v) is 2.41. The topological polar surface area (TPSA) is 101 Å². The molecule has 0 aliphatic heterocycles. The number of benzene rings is 1. The first-order valence-corrected chi connectivity index (χ1v) is 5.79. The second kappa shape index (κ2) is 5.65. The highest BCUT2D eigenvalue weighted by atomic mass is 15.2. The number of nitrogens with zero attached hydrogens (tertiary/aromatic N) is 6. The van der Waals surface area contributed by atoms with Gasteiger partial charge in [-0.25, -0.2) is 29.9 Å². The van der Waals surface area contributed by atoms with Gasteiger partial charge in [0.1, 0.15) is 25.3 Å². The van der Waals surface area contributed by atoms with Crippen LogP contribution in [0.1, 0.15) is 0 Å². The van der Waals surface area contributed by atoms with Crippen molar-refractivity contribution in [3.63, 3.8) is 0 Å². The smallest absolute Gasteiger partial charge is 0.230 e. The highest BCUT2D eigenvalue weighted by Gasteiger charge is 2.04.